The lowest BCUT2D eigenvalue weighted by atomic mass is 10.0. The van der Waals surface area contributed by atoms with E-state index in [1.54, 1.807) is 0 Å². The molecule has 1 amide bonds. The first-order valence-electron chi connectivity index (χ1n) is 8.68. The molecule has 1 aromatic carbocycles. The Bertz CT molecular complexity index is 1080. The summed E-state index contributed by atoms with van der Waals surface area (Å²) in [5.41, 5.74) is 5.26. The van der Waals surface area contributed by atoms with Crippen LogP contribution in [0.2, 0.25) is 0 Å². The van der Waals surface area contributed by atoms with Crippen molar-refractivity contribution in [3.8, 4) is 17.0 Å². The number of hydrogen-bond donors (Lipinski definition) is 4. The Morgan fingerprint density at radius 2 is 1.93 bits per heavy atom. The van der Waals surface area contributed by atoms with E-state index in [0.29, 0.717) is 5.56 Å². The van der Waals surface area contributed by atoms with Crippen molar-refractivity contribution in [1.82, 2.24) is 20.3 Å². The number of H-pyrrole nitrogens is 1. The average molecular weight is 423 g/mol. The summed E-state index contributed by atoms with van der Waals surface area (Å²) in [5, 5.41) is 12.5. The molecule has 7 nitrogen and oxygen atoms in total. The summed E-state index contributed by atoms with van der Waals surface area (Å²) in [5.74, 6) is -1.97. The maximum Gasteiger partial charge on any atom is 0.393 e. The lowest BCUT2D eigenvalue weighted by molar-refractivity contribution is -0.127. The molecule has 5 N–H and O–H groups in total. The molecule has 0 unspecified atom stereocenters. The number of nitrogens with zero attached hydrogens (tertiary/aromatic N) is 2. The summed E-state index contributed by atoms with van der Waals surface area (Å²) in [4.78, 5) is 22.7. The molecule has 158 valence electrons. The molecule has 0 bridgehead atoms. The fourth-order valence-corrected chi connectivity index (χ4v) is 3.01. The molecule has 0 radical (unpaired) electrons. The van der Waals surface area contributed by atoms with E-state index in [1.807, 2.05) is 0 Å². The highest BCUT2D eigenvalue weighted by atomic mass is 19.4. The second-order valence-corrected chi connectivity index (χ2v) is 6.54. The number of alkyl halides is 3. The number of rotatable bonds is 5. The summed E-state index contributed by atoms with van der Waals surface area (Å²) in [6.07, 6.45) is -5.10. The van der Waals surface area contributed by atoms with Crippen LogP contribution in [-0.2, 0) is 13.0 Å². The normalized spacial score (nSPS) is 11.5. The number of nitrogen functional groups attached to an aromatic ring is 1. The first-order valence-corrected chi connectivity index (χ1v) is 8.68. The van der Waals surface area contributed by atoms with Crippen LogP contribution in [0, 0.1) is 12.7 Å². The number of nitrogens with one attached hydrogen (secondary N) is 2. The minimum Gasteiger partial charge on any atom is -0.504 e. The van der Waals surface area contributed by atoms with Gasteiger partial charge in [0.2, 0.25) is 5.95 Å². The molecule has 0 aliphatic rings. The van der Waals surface area contributed by atoms with Gasteiger partial charge in [-0.05, 0) is 24.6 Å². The maximum atomic E-state index is 13.3. The van der Waals surface area contributed by atoms with Crippen molar-refractivity contribution in [3.63, 3.8) is 0 Å². The second-order valence-electron chi connectivity index (χ2n) is 6.54. The minimum atomic E-state index is -4.64. The summed E-state index contributed by atoms with van der Waals surface area (Å²) in [6.45, 7) is 1.42. The molecule has 0 aliphatic carbocycles. The lowest BCUT2D eigenvalue weighted by Gasteiger charge is -2.12. The summed E-state index contributed by atoms with van der Waals surface area (Å²) < 4.78 is 52.8. The molecule has 0 fully saturated rings. The number of hydrogen-bond acceptors (Lipinski definition) is 5. The van der Waals surface area contributed by atoms with E-state index in [9.17, 15) is 27.5 Å². The second kappa shape index (κ2) is 8.01. The summed E-state index contributed by atoms with van der Waals surface area (Å²) in [6, 6.07) is 5.30. The van der Waals surface area contributed by atoms with Crippen LogP contribution >= 0.6 is 0 Å². The number of nitrogens with two attached hydrogens (primary N) is 1. The fraction of sp³-hybridized carbons (Fsp3) is 0.211. The van der Waals surface area contributed by atoms with Crippen LogP contribution in [0.3, 0.4) is 0 Å². The van der Waals surface area contributed by atoms with E-state index < -0.39 is 30.1 Å². The predicted octanol–water partition coefficient (Wildman–Crippen LogP) is 3.24. The van der Waals surface area contributed by atoms with E-state index in [4.69, 9.17) is 5.73 Å². The van der Waals surface area contributed by atoms with Crippen LogP contribution in [-0.4, -0.2) is 32.1 Å². The number of amides is 1. The number of aromatic nitrogens is 3. The quantitative estimate of drug-likeness (QED) is 0.470. The van der Waals surface area contributed by atoms with Gasteiger partial charge in [-0.1, -0.05) is 12.1 Å². The standard InChI is InChI=1S/C19H17F4N5O2/c1-9-14(16-13(29)8-26-18(24)28-16)12(6-19(21,22)23)15(27-9)17(30)25-7-10-2-4-11(20)5-3-10/h2-5,8,27,29H,6-7H2,1H3,(H,25,30)(H2,24,26,28). The third kappa shape index (κ3) is 4.67. The Labute approximate surface area is 168 Å². The highest BCUT2D eigenvalue weighted by Crippen LogP contribution is 2.37. The van der Waals surface area contributed by atoms with Gasteiger partial charge in [-0.2, -0.15) is 13.2 Å². The third-order valence-electron chi connectivity index (χ3n) is 4.29. The average Bonchev–Trinajstić information content (AvgIpc) is 2.97. The topological polar surface area (TPSA) is 117 Å². The largest absolute Gasteiger partial charge is 0.504 e. The van der Waals surface area contributed by atoms with Gasteiger partial charge in [-0.15, -0.1) is 0 Å². The Morgan fingerprint density at radius 1 is 1.27 bits per heavy atom. The van der Waals surface area contributed by atoms with Gasteiger partial charge in [0.1, 0.15) is 17.2 Å². The van der Waals surface area contributed by atoms with Crippen molar-refractivity contribution < 1.29 is 27.5 Å². The van der Waals surface area contributed by atoms with Crippen molar-refractivity contribution >= 4 is 11.9 Å². The van der Waals surface area contributed by atoms with Gasteiger partial charge in [0.25, 0.3) is 5.91 Å². The summed E-state index contributed by atoms with van der Waals surface area (Å²) in [7, 11) is 0. The van der Waals surface area contributed by atoms with Crippen LogP contribution in [0.4, 0.5) is 23.5 Å². The van der Waals surface area contributed by atoms with E-state index >= 15 is 0 Å². The third-order valence-corrected chi connectivity index (χ3v) is 4.29. The first kappa shape index (κ1) is 21.1. The highest BCUT2D eigenvalue weighted by Gasteiger charge is 2.34. The molecular formula is C19H17F4N5O2. The number of aromatic amines is 1. The molecular weight excluding hydrogens is 406 g/mol. The van der Waals surface area contributed by atoms with Gasteiger partial charge in [-0.25, -0.2) is 14.4 Å². The Kier molecular flexibility index (Phi) is 5.63. The zero-order valence-corrected chi connectivity index (χ0v) is 15.6. The lowest BCUT2D eigenvalue weighted by Crippen LogP contribution is -2.25. The molecule has 3 aromatic rings. The molecule has 0 atom stereocenters. The number of halogens is 4. The van der Waals surface area contributed by atoms with Crippen molar-refractivity contribution in [1.29, 1.82) is 0 Å². The molecule has 3 rings (SSSR count). The van der Waals surface area contributed by atoms with Gasteiger partial charge in [0.15, 0.2) is 5.75 Å². The van der Waals surface area contributed by atoms with Gasteiger partial charge >= 0.3 is 6.18 Å². The van der Waals surface area contributed by atoms with Gasteiger partial charge in [0.05, 0.1) is 12.6 Å². The highest BCUT2D eigenvalue weighted by molar-refractivity contribution is 5.97. The van der Waals surface area contributed by atoms with Crippen LogP contribution in [0.1, 0.15) is 27.3 Å². The van der Waals surface area contributed by atoms with Gasteiger partial charge in [-0.3, -0.25) is 4.79 Å². The van der Waals surface area contributed by atoms with Crippen molar-refractivity contribution in [2.45, 2.75) is 26.1 Å². The van der Waals surface area contributed by atoms with Crippen molar-refractivity contribution in [2.24, 2.45) is 0 Å². The molecule has 2 heterocycles. The molecule has 2 aromatic heterocycles. The SMILES string of the molecule is Cc1[nH]c(C(=O)NCc2ccc(F)cc2)c(CC(F)(F)F)c1-c1nc(N)ncc1O. The van der Waals surface area contributed by atoms with E-state index in [1.165, 1.54) is 31.2 Å². The number of carbonyl (C=O) groups is 1. The van der Waals surface area contributed by atoms with Crippen molar-refractivity contribution in [2.75, 3.05) is 5.73 Å². The predicted molar refractivity (Wildman–Crippen MR) is 100.0 cm³/mol. The van der Waals surface area contributed by atoms with Gasteiger partial charge in [0, 0.05) is 23.4 Å². The Hall–Kier alpha value is -3.63. The van der Waals surface area contributed by atoms with Crippen LogP contribution in [0.5, 0.6) is 5.75 Å². The van der Waals surface area contributed by atoms with Crippen LogP contribution in [0.15, 0.2) is 30.5 Å². The number of aryl methyl sites for hydroxylation is 1. The first-order chi connectivity index (χ1) is 14.0. The zero-order valence-electron chi connectivity index (χ0n) is 15.6. The zero-order chi connectivity index (χ0) is 22.1. The number of benzene rings is 1. The number of carbonyl (C=O) groups excluding carboxylic acids is 1. The van der Waals surface area contributed by atoms with E-state index in [0.717, 1.165) is 6.20 Å². The molecule has 0 saturated carbocycles. The van der Waals surface area contributed by atoms with Gasteiger partial charge < -0.3 is 21.1 Å². The van der Waals surface area contributed by atoms with Crippen molar-refractivity contribution in [3.05, 3.63) is 58.8 Å². The monoisotopic (exact) mass is 423 g/mol. The maximum absolute atomic E-state index is 13.3. The molecule has 0 saturated heterocycles. The van der Waals surface area contributed by atoms with E-state index in [-0.39, 0.29) is 40.7 Å². The summed E-state index contributed by atoms with van der Waals surface area (Å²) >= 11 is 0. The Balaban J connectivity index is 2.00. The fourth-order valence-electron chi connectivity index (χ4n) is 3.01. The Morgan fingerprint density at radius 3 is 2.57 bits per heavy atom. The molecule has 0 aliphatic heterocycles. The number of aromatic hydroxyl groups is 1. The van der Waals surface area contributed by atoms with E-state index in [2.05, 4.69) is 20.3 Å². The minimum absolute atomic E-state index is 0.0241. The molecule has 30 heavy (non-hydrogen) atoms. The smallest absolute Gasteiger partial charge is 0.393 e. The van der Waals surface area contributed by atoms with Crippen LogP contribution in [0.25, 0.3) is 11.3 Å². The molecule has 11 heteroatoms. The number of anilines is 1. The van der Waals surface area contributed by atoms with Crippen LogP contribution < -0.4 is 11.1 Å². The molecule has 0 spiro atoms.